The van der Waals surface area contributed by atoms with Crippen LogP contribution in [0.5, 0.6) is 0 Å². The maximum atomic E-state index is 2.51. The molecule has 12 fully saturated rings. The minimum atomic E-state index is 0.616. The van der Waals surface area contributed by atoms with Crippen molar-refractivity contribution in [1.29, 1.82) is 0 Å². The maximum Gasteiger partial charge on any atom is 0.228 e. The Labute approximate surface area is 875 Å². The van der Waals surface area contributed by atoms with Crippen LogP contribution in [0, 0.1) is 0 Å². The zero-order chi connectivity index (χ0) is 101. The van der Waals surface area contributed by atoms with E-state index < -0.39 is 0 Å². The van der Waals surface area contributed by atoms with Gasteiger partial charge in [-0.25, -0.2) is 54.9 Å². The standard InChI is InChI=1S/2C12H21N2.2C11H19N2.4C10H17N2.2C9H15N2.2C8H13N2/c2*1-11(2)14-10-6-9-13-8-5-3-4-7-12(13)14;2*1-2-12-9-6-10-13-8-5-3-4-7-11(12)13;2*1-9(2)12-8-4-7-11-6-3-5-10(11)12;2*1-11-7-5-9-12-8-4-2-3-6-10(11)12;2*1-2-10-7-4-8-11-6-3-5-9(10)11;2*1-9-5-3-7-10-6-2-4-8(9)10/h2*6,9-12H,3-5,7-8H2,1-2H3;2*6,9-11H,2-5,7-8H2,1H3;2*4,7-10H,3,5-6H2,1-2H3;2*5,7,9-10H,2-4,6,8H2,1H3;2*4,7-9H,2-3,5-6H2,1H3;2*3,5,7-8H,2,4,6H2,1H3/q12*+1. The number of hydrogen-bond acceptors (Lipinski definition) is 12. The number of nitrogens with zero attached hydrogens (tertiary/aromatic N) is 24. The molecule has 12 unspecified atom stereocenters. The van der Waals surface area contributed by atoms with Gasteiger partial charge in [0.1, 0.15) is 80.5 Å². The van der Waals surface area contributed by atoms with E-state index in [0.29, 0.717) is 98.2 Å². The Bertz CT molecular complexity index is 4460. The first-order valence-electron chi connectivity index (χ1n) is 58.6. The molecule has 0 aromatic rings. The summed E-state index contributed by atoms with van der Waals surface area (Å²) in [4.78, 5) is 29.3. The van der Waals surface area contributed by atoms with Crippen molar-refractivity contribution in [2.24, 2.45) is 0 Å². The maximum absolute atomic E-state index is 2.51. The highest BCUT2D eigenvalue weighted by Gasteiger charge is 2.41. The molecule has 24 aliphatic heterocycles. The van der Waals surface area contributed by atoms with Gasteiger partial charge in [0.25, 0.3) is 0 Å². The Morgan fingerprint density at radius 1 is 0.181 bits per heavy atom. The third-order valence-electron chi connectivity index (χ3n) is 33.5. The molecule has 792 valence electrons. The molecule has 12 saturated heterocycles. The van der Waals surface area contributed by atoms with Crippen LogP contribution in [0.2, 0.25) is 0 Å². The molecule has 0 N–H and O–H groups in total. The van der Waals surface area contributed by atoms with Crippen molar-refractivity contribution in [3.63, 3.8) is 0 Å². The first-order valence-corrected chi connectivity index (χ1v) is 58.6. The third-order valence-corrected chi connectivity index (χ3v) is 33.5. The molecular weight excluding hydrogens is 1780 g/mol. The minimum Gasteiger partial charge on any atom is -0.321 e. The van der Waals surface area contributed by atoms with Crippen LogP contribution >= 0.6 is 0 Å². The Hall–Kier alpha value is -9.48. The zero-order valence-corrected chi connectivity index (χ0v) is 93.5. The first-order chi connectivity index (χ1) is 70.3. The number of hydrogen-bond donors (Lipinski definition) is 0. The molecule has 0 bridgehead atoms. The van der Waals surface area contributed by atoms with Crippen molar-refractivity contribution >= 4 is 74.6 Å². The predicted octanol–water partition coefficient (Wildman–Crippen LogP) is 17.1. The molecule has 0 spiro atoms. The van der Waals surface area contributed by atoms with Crippen molar-refractivity contribution in [3.05, 3.63) is 147 Å². The van der Waals surface area contributed by atoms with E-state index in [0.717, 1.165) is 26.2 Å². The van der Waals surface area contributed by atoms with Crippen LogP contribution in [0.3, 0.4) is 0 Å². The molecular formula is C120H204N24+12. The highest BCUT2D eigenvalue weighted by molar-refractivity contribution is 5.71. The summed E-state index contributed by atoms with van der Waals surface area (Å²) in [6.45, 7) is 46.4. The Morgan fingerprint density at radius 3 is 0.590 bits per heavy atom. The summed E-state index contributed by atoms with van der Waals surface area (Å²) in [6, 6.07) is 2.48. The van der Waals surface area contributed by atoms with E-state index in [4.69, 9.17) is 0 Å². The van der Waals surface area contributed by atoms with Gasteiger partial charge in [-0.3, -0.25) is 0 Å². The van der Waals surface area contributed by atoms with Gasteiger partial charge >= 0.3 is 0 Å². The summed E-state index contributed by atoms with van der Waals surface area (Å²) in [7, 11) is 8.64. The van der Waals surface area contributed by atoms with Crippen LogP contribution in [-0.2, 0) is 0 Å². The molecule has 24 rings (SSSR count). The van der Waals surface area contributed by atoms with E-state index in [1.165, 1.54) is 310 Å². The SMILES string of the molecule is CC(C)N1C=CC=[N+]2CCCC12.CC(C)N1C=CC=[N+]2CCCC12.CC(C)N1C=CC=[N+]2CCCCCC12.CC(C)N1C=CC=[N+]2CCCCCC12.CCN1C=CC=[N+]2CCCC12.CCN1C=CC=[N+]2CCCC12.CCN1C=CC=[N+]2CCCCCC12.CCN1C=CC=[N+]2CCCCCC12.C[N+]1=CC=CN2CCCC21.C[N+]1=CC=CN2CCCC21.C[N+]1=CC=CN2CCCCCC21.C[N+]1=CC=CN2CCCCCC21. The quantitative estimate of drug-likeness (QED) is 0.217. The molecule has 0 aromatic carbocycles. The van der Waals surface area contributed by atoms with Crippen LogP contribution in [0.25, 0.3) is 0 Å². The first kappa shape index (κ1) is 112. The molecule has 0 radical (unpaired) electrons. The normalized spacial score (nSPS) is 28.4. The van der Waals surface area contributed by atoms with Crippen LogP contribution < -0.4 is 0 Å². The summed E-state index contributed by atoms with van der Waals surface area (Å²) in [5.74, 6) is 0. The topological polar surface area (TPSA) is 75.0 Å². The smallest absolute Gasteiger partial charge is 0.228 e. The predicted molar refractivity (Wildman–Crippen MR) is 604 cm³/mol. The van der Waals surface area contributed by atoms with Gasteiger partial charge in [0.2, 0.25) is 74.0 Å². The Kier molecular flexibility index (Phi) is 46.2. The summed E-state index contributed by atoms with van der Waals surface area (Å²) in [5, 5.41) is 0. The fourth-order valence-electron chi connectivity index (χ4n) is 25.5. The largest absolute Gasteiger partial charge is 0.321 e. The van der Waals surface area contributed by atoms with Crippen molar-refractivity contribution in [3.8, 4) is 0 Å². The van der Waals surface area contributed by atoms with Crippen molar-refractivity contribution in [2.45, 2.75) is 412 Å². The molecule has 24 heteroatoms. The highest BCUT2D eigenvalue weighted by atomic mass is 15.4. The van der Waals surface area contributed by atoms with E-state index in [9.17, 15) is 0 Å². The number of fused-ring (bicyclic) bond motifs is 12. The van der Waals surface area contributed by atoms with E-state index in [1.807, 2.05) is 0 Å². The van der Waals surface area contributed by atoms with Gasteiger partial charge in [0.15, 0.2) is 74.6 Å². The molecule has 24 heterocycles. The fourth-order valence-corrected chi connectivity index (χ4v) is 25.5. The van der Waals surface area contributed by atoms with Gasteiger partial charge in [-0.15, -0.1) is 0 Å². The molecule has 0 aliphatic carbocycles. The van der Waals surface area contributed by atoms with Crippen LogP contribution in [-0.4, -0.2) is 419 Å². The van der Waals surface area contributed by atoms with E-state index in [1.54, 1.807) is 0 Å². The Morgan fingerprint density at radius 2 is 0.354 bits per heavy atom. The van der Waals surface area contributed by atoms with Gasteiger partial charge in [-0.1, -0.05) is 12.8 Å². The van der Waals surface area contributed by atoms with Crippen molar-refractivity contribution in [1.82, 2.24) is 58.8 Å². The van der Waals surface area contributed by atoms with E-state index >= 15 is 0 Å². The van der Waals surface area contributed by atoms with E-state index in [-0.39, 0.29) is 0 Å². The molecule has 24 aliphatic rings. The lowest BCUT2D eigenvalue weighted by Gasteiger charge is -2.32. The summed E-state index contributed by atoms with van der Waals surface area (Å²) < 4.78 is 29.0. The zero-order valence-electron chi connectivity index (χ0n) is 93.5. The van der Waals surface area contributed by atoms with Crippen LogP contribution in [0.1, 0.15) is 314 Å². The van der Waals surface area contributed by atoms with Gasteiger partial charge in [0.05, 0.1) is 0 Å². The monoisotopic (exact) mass is 1980 g/mol. The van der Waals surface area contributed by atoms with Crippen LogP contribution in [0.4, 0.5) is 0 Å². The van der Waals surface area contributed by atoms with Gasteiger partial charge in [-0.2, -0.15) is 0 Å². The lowest BCUT2D eigenvalue weighted by Crippen LogP contribution is -2.45. The van der Waals surface area contributed by atoms with Gasteiger partial charge < -0.3 is 58.8 Å². The average molecular weight is 1980 g/mol. The third kappa shape index (κ3) is 32.3. The summed E-state index contributed by atoms with van der Waals surface area (Å²) in [6.07, 6.45) is 135. The van der Waals surface area contributed by atoms with Crippen molar-refractivity contribution < 1.29 is 54.9 Å². The highest BCUT2D eigenvalue weighted by Crippen LogP contribution is 2.30. The molecule has 24 nitrogen and oxygen atoms in total. The second-order valence-corrected chi connectivity index (χ2v) is 44.6. The lowest BCUT2D eigenvalue weighted by molar-refractivity contribution is -0.585. The number of allylic oxidation sites excluding steroid dienone is 12. The average Bonchev–Trinajstić information content (AvgIpc) is 1.77. The van der Waals surface area contributed by atoms with E-state index in [2.05, 4.69) is 447 Å². The van der Waals surface area contributed by atoms with Gasteiger partial charge in [-0.05, 0) is 173 Å². The summed E-state index contributed by atoms with van der Waals surface area (Å²) in [5.41, 5.74) is 0. The minimum absolute atomic E-state index is 0.616. The lowest BCUT2D eigenvalue weighted by atomic mass is 10.1. The fraction of sp³-hybridized carbons (Fsp3) is 0.700. The molecule has 0 saturated carbocycles. The van der Waals surface area contributed by atoms with Crippen LogP contribution in [0.15, 0.2) is 147 Å². The van der Waals surface area contributed by atoms with Crippen molar-refractivity contribution in [2.75, 3.05) is 133 Å². The molecule has 0 amide bonds. The number of rotatable bonds is 8. The Balaban J connectivity index is 0.000000132. The molecule has 144 heavy (non-hydrogen) atoms. The molecule has 12 atom stereocenters. The second kappa shape index (κ2) is 59.5. The second-order valence-electron chi connectivity index (χ2n) is 44.6. The van der Waals surface area contributed by atoms with Gasteiger partial charge in [0, 0.05) is 352 Å². The molecule has 0 aromatic heterocycles. The summed E-state index contributed by atoms with van der Waals surface area (Å²) >= 11 is 0.